The molecule has 6 nitrogen and oxygen atoms in total. The number of nitrogens with zero attached hydrogens (tertiary/aromatic N) is 4. The molecule has 0 aliphatic carbocycles. The van der Waals surface area contributed by atoms with Gasteiger partial charge in [-0.15, -0.1) is 0 Å². The summed E-state index contributed by atoms with van der Waals surface area (Å²) in [7, 11) is 0. The predicted molar refractivity (Wildman–Crippen MR) is 89.8 cm³/mol. The number of aromatic amines is 1. The molecule has 25 heavy (non-hydrogen) atoms. The zero-order chi connectivity index (χ0) is 17.4. The van der Waals surface area contributed by atoms with Gasteiger partial charge >= 0.3 is 0 Å². The Balaban J connectivity index is 1.65. The summed E-state index contributed by atoms with van der Waals surface area (Å²) in [6.45, 7) is 1.54. The molecule has 0 radical (unpaired) electrons. The Bertz CT molecular complexity index is 879. The standard InChI is InChI=1S/C17H16F2N6/c18-16-12(10-5-23-24-6-10)1-2-13(17(16)19)14-7-22-15(8-21-14)25-4-3-11(20)9-25/h1-2,5-8,11H,3-4,9,20H2,(H,23,24). The molecular formula is C17H16F2N6. The van der Waals surface area contributed by atoms with Gasteiger partial charge in [-0.3, -0.25) is 10.1 Å². The van der Waals surface area contributed by atoms with E-state index in [-0.39, 0.29) is 22.9 Å². The molecule has 0 spiro atoms. The van der Waals surface area contributed by atoms with Gasteiger partial charge in [-0.1, -0.05) is 6.07 Å². The third-order valence-corrected chi connectivity index (χ3v) is 4.35. The Morgan fingerprint density at radius 2 is 1.88 bits per heavy atom. The number of H-pyrrole nitrogens is 1. The molecule has 0 bridgehead atoms. The maximum Gasteiger partial charge on any atom is 0.168 e. The van der Waals surface area contributed by atoms with Gasteiger partial charge in [0, 0.05) is 42.0 Å². The van der Waals surface area contributed by atoms with Crippen molar-refractivity contribution in [2.24, 2.45) is 5.73 Å². The smallest absolute Gasteiger partial charge is 0.168 e. The van der Waals surface area contributed by atoms with Gasteiger partial charge in [0.05, 0.1) is 24.3 Å². The molecule has 128 valence electrons. The average Bonchev–Trinajstić information content (AvgIpc) is 3.29. The van der Waals surface area contributed by atoms with Crippen LogP contribution in [-0.2, 0) is 0 Å². The van der Waals surface area contributed by atoms with Gasteiger partial charge in [0.25, 0.3) is 0 Å². The van der Waals surface area contributed by atoms with Crippen molar-refractivity contribution in [3.63, 3.8) is 0 Å². The summed E-state index contributed by atoms with van der Waals surface area (Å²) in [6.07, 6.45) is 6.86. The van der Waals surface area contributed by atoms with E-state index >= 15 is 0 Å². The van der Waals surface area contributed by atoms with Crippen LogP contribution in [0.2, 0.25) is 0 Å². The highest BCUT2D eigenvalue weighted by molar-refractivity contribution is 5.69. The first kappa shape index (κ1) is 15.6. The lowest BCUT2D eigenvalue weighted by molar-refractivity contribution is 0.513. The van der Waals surface area contributed by atoms with E-state index in [0.717, 1.165) is 19.5 Å². The van der Waals surface area contributed by atoms with Gasteiger partial charge in [0.1, 0.15) is 5.82 Å². The van der Waals surface area contributed by atoms with Crippen molar-refractivity contribution in [3.05, 3.63) is 48.6 Å². The topological polar surface area (TPSA) is 83.7 Å². The van der Waals surface area contributed by atoms with E-state index in [1.807, 2.05) is 4.90 Å². The lowest BCUT2D eigenvalue weighted by atomic mass is 10.0. The first-order chi connectivity index (χ1) is 12.1. The van der Waals surface area contributed by atoms with Gasteiger partial charge in [-0.25, -0.2) is 13.8 Å². The molecule has 3 N–H and O–H groups in total. The number of hydrogen-bond donors (Lipinski definition) is 2. The molecule has 4 rings (SSSR count). The summed E-state index contributed by atoms with van der Waals surface area (Å²) in [5.41, 5.74) is 6.86. The van der Waals surface area contributed by atoms with E-state index in [0.29, 0.717) is 11.4 Å². The monoisotopic (exact) mass is 342 g/mol. The minimum absolute atomic E-state index is 0.0712. The van der Waals surface area contributed by atoms with E-state index in [1.54, 1.807) is 6.20 Å². The van der Waals surface area contributed by atoms with Crippen molar-refractivity contribution >= 4 is 5.82 Å². The second-order valence-electron chi connectivity index (χ2n) is 6.03. The van der Waals surface area contributed by atoms with Crippen LogP contribution in [0.25, 0.3) is 22.4 Å². The highest BCUT2D eigenvalue weighted by Gasteiger charge is 2.21. The van der Waals surface area contributed by atoms with Gasteiger partial charge in [0.15, 0.2) is 11.6 Å². The number of nitrogens with two attached hydrogens (primary N) is 1. The Kier molecular flexibility index (Phi) is 3.89. The van der Waals surface area contributed by atoms with E-state index in [1.165, 1.54) is 30.7 Å². The predicted octanol–water partition coefficient (Wildman–Crippen LogP) is 2.35. The van der Waals surface area contributed by atoms with Gasteiger partial charge in [-0.05, 0) is 12.5 Å². The maximum atomic E-state index is 14.5. The van der Waals surface area contributed by atoms with Crippen LogP contribution < -0.4 is 10.6 Å². The van der Waals surface area contributed by atoms with Crippen molar-refractivity contribution < 1.29 is 8.78 Å². The Hall–Kier alpha value is -2.87. The fourth-order valence-electron chi connectivity index (χ4n) is 2.99. The maximum absolute atomic E-state index is 14.5. The highest BCUT2D eigenvalue weighted by atomic mass is 19.2. The number of anilines is 1. The molecule has 1 aliphatic heterocycles. The molecule has 1 aliphatic rings. The van der Waals surface area contributed by atoms with E-state index in [9.17, 15) is 8.78 Å². The Morgan fingerprint density at radius 3 is 2.52 bits per heavy atom. The van der Waals surface area contributed by atoms with E-state index in [2.05, 4.69) is 20.2 Å². The number of halogens is 2. The SMILES string of the molecule is NC1CCN(c2cnc(-c3ccc(-c4cn[nH]c4)c(F)c3F)cn2)C1. The van der Waals surface area contributed by atoms with Crippen LogP contribution in [0.3, 0.4) is 0 Å². The van der Waals surface area contributed by atoms with Crippen molar-refractivity contribution in [2.45, 2.75) is 12.5 Å². The number of benzene rings is 1. The van der Waals surface area contributed by atoms with Gasteiger partial charge in [0.2, 0.25) is 0 Å². The van der Waals surface area contributed by atoms with E-state index < -0.39 is 11.6 Å². The van der Waals surface area contributed by atoms with Crippen molar-refractivity contribution in [3.8, 4) is 22.4 Å². The molecule has 0 amide bonds. The summed E-state index contributed by atoms with van der Waals surface area (Å²) < 4.78 is 28.9. The molecule has 1 unspecified atom stereocenters. The number of nitrogens with one attached hydrogen (secondary N) is 1. The summed E-state index contributed by atoms with van der Waals surface area (Å²) >= 11 is 0. The summed E-state index contributed by atoms with van der Waals surface area (Å²) in [5.74, 6) is -1.20. The zero-order valence-electron chi connectivity index (χ0n) is 13.3. The summed E-state index contributed by atoms with van der Waals surface area (Å²) in [4.78, 5) is 10.6. The van der Waals surface area contributed by atoms with Crippen LogP contribution in [-0.4, -0.2) is 39.3 Å². The molecule has 1 atom stereocenters. The fourth-order valence-corrected chi connectivity index (χ4v) is 2.99. The fraction of sp³-hybridized carbons (Fsp3) is 0.235. The molecular weight excluding hydrogens is 326 g/mol. The lowest BCUT2D eigenvalue weighted by Crippen LogP contribution is -2.26. The van der Waals surface area contributed by atoms with Crippen molar-refractivity contribution in [2.75, 3.05) is 18.0 Å². The normalized spacial score (nSPS) is 17.2. The van der Waals surface area contributed by atoms with Crippen molar-refractivity contribution in [1.82, 2.24) is 20.2 Å². The van der Waals surface area contributed by atoms with Crippen molar-refractivity contribution in [1.29, 1.82) is 0 Å². The van der Waals surface area contributed by atoms with Crippen LogP contribution in [0.15, 0.2) is 36.9 Å². The third kappa shape index (κ3) is 2.85. The number of aromatic nitrogens is 4. The quantitative estimate of drug-likeness (QED) is 0.763. The molecule has 8 heteroatoms. The zero-order valence-corrected chi connectivity index (χ0v) is 13.3. The Labute approximate surface area is 142 Å². The van der Waals surface area contributed by atoms with Crippen LogP contribution in [0.5, 0.6) is 0 Å². The molecule has 1 saturated heterocycles. The average molecular weight is 342 g/mol. The van der Waals surface area contributed by atoms with Crippen LogP contribution in [0, 0.1) is 11.6 Å². The van der Waals surface area contributed by atoms with Gasteiger partial charge < -0.3 is 10.6 Å². The first-order valence-electron chi connectivity index (χ1n) is 7.93. The minimum atomic E-state index is -0.955. The van der Waals surface area contributed by atoms with Gasteiger partial charge in [-0.2, -0.15) is 5.10 Å². The minimum Gasteiger partial charge on any atom is -0.354 e. The number of rotatable bonds is 3. The largest absolute Gasteiger partial charge is 0.354 e. The second kappa shape index (κ2) is 6.21. The summed E-state index contributed by atoms with van der Waals surface area (Å²) in [5, 5.41) is 6.33. The molecule has 3 heterocycles. The second-order valence-corrected chi connectivity index (χ2v) is 6.03. The highest BCUT2D eigenvalue weighted by Crippen LogP contribution is 2.30. The van der Waals surface area contributed by atoms with E-state index in [4.69, 9.17) is 5.73 Å². The number of hydrogen-bond acceptors (Lipinski definition) is 5. The third-order valence-electron chi connectivity index (χ3n) is 4.35. The summed E-state index contributed by atoms with van der Waals surface area (Å²) in [6, 6.07) is 3.13. The van der Waals surface area contributed by atoms with Crippen LogP contribution >= 0.6 is 0 Å². The Morgan fingerprint density at radius 1 is 1.08 bits per heavy atom. The van der Waals surface area contributed by atoms with Crippen LogP contribution in [0.4, 0.5) is 14.6 Å². The molecule has 3 aromatic rings. The van der Waals surface area contributed by atoms with Crippen LogP contribution in [0.1, 0.15) is 6.42 Å². The molecule has 1 aromatic carbocycles. The molecule has 0 saturated carbocycles. The molecule has 2 aromatic heterocycles. The lowest BCUT2D eigenvalue weighted by Gasteiger charge is -2.16. The first-order valence-corrected chi connectivity index (χ1v) is 7.93. The molecule has 1 fully saturated rings.